The zero-order valence-electron chi connectivity index (χ0n) is 16.2. The molecule has 1 aliphatic heterocycles. The molecule has 1 saturated carbocycles. The number of nitrogens with zero attached hydrogens (tertiary/aromatic N) is 1. The van der Waals surface area contributed by atoms with Crippen molar-refractivity contribution in [1.82, 2.24) is 9.88 Å². The Bertz CT molecular complexity index is 930. The molecule has 0 spiro atoms. The minimum atomic E-state index is 0.142. The molecule has 4 heteroatoms. The minimum absolute atomic E-state index is 0.142. The maximum atomic E-state index is 12.6. The van der Waals surface area contributed by atoms with Crippen LogP contribution in [-0.2, 0) is 4.79 Å². The average Bonchev–Trinajstić information content (AvgIpc) is 3.43. The van der Waals surface area contributed by atoms with Gasteiger partial charge in [-0.1, -0.05) is 30.3 Å². The van der Waals surface area contributed by atoms with Crippen molar-refractivity contribution in [3.05, 3.63) is 54.6 Å². The number of rotatable bonds is 5. The second-order valence-electron chi connectivity index (χ2n) is 8.36. The van der Waals surface area contributed by atoms with Gasteiger partial charge in [0.25, 0.3) is 0 Å². The number of benzene rings is 2. The Hall–Kier alpha value is -2.59. The lowest BCUT2D eigenvalue weighted by Gasteiger charge is -2.31. The summed E-state index contributed by atoms with van der Waals surface area (Å²) in [7, 11) is 0. The van der Waals surface area contributed by atoms with Crippen molar-refractivity contribution in [3.8, 4) is 11.3 Å². The van der Waals surface area contributed by atoms with Gasteiger partial charge in [-0.3, -0.25) is 4.79 Å². The first kappa shape index (κ1) is 17.5. The van der Waals surface area contributed by atoms with Gasteiger partial charge in [0.15, 0.2) is 0 Å². The van der Waals surface area contributed by atoms with E-state index in [0.29, 0.717) is 0 Å². The number of fused-ring (bicyclic) bond motifs is 1. The molecule has 144 valence electrons. The summed E-state index contributed by atoms with van der Waals surface area (Å²) in [6.07, 6.45) is 4.75. The third-order valence-corrected chi connectivity index (χ3v) is 6.17. The number of amides is 1. The van der Waals surface area contributed by atoms with Crippen LogP contribution in [0, 0.1) is 11.8 Å². The first-order chi connectivity index (χ1) is 13.7. The summed E-state index contributed by atoms with van der Waals surface area (Å²) in [6.45, 7) is 3.37. The topological polar surface area (TPSA) is 48.1 Å². The van der Waals surface area contributed by atoms with Gasteiger partial charge in [-0.25, -0.2) is 0 Å². The predicted molar refractivity (Wildman–Crippen MR) is 114 cm³/mol. The van der Waals surface area contributed by atoms with Gasteiger partial charge in [0.05, 0.1) is 0 Å². The van der Waals surface area contributed by atoms with E-state index in [0.717, 1.165) is 54.3 Å². The van der Waals surface area contributed by atoms with Crippen molar-refractivity contribution in [2.24, 2.45) is 11.8 Å². The molecule has 2 fully saturated rings. The number of aromatic amines is 1. The van der Waals surface area contributed by atoms with Crippen LogP contribution in [-0.4, -0.2) is 35.4 Å². The number of H-pyrrole nitrogens is 1. The molecule has 2 aromatic carbocycles. The fourth-order valence-corrected chi connectivity index (χ4v) is 4.25. The summed E-state index contributed by atoms with van der Waals surface area (Å²) >= 11 is 0. The summed E-state index contributed by atoms with van der Waals surface area (Å²) in [6, 6.07) is 18.6. The number of hydrogen-bond acceptors (Lipinski definition) is 2. The molecule has 0 atom stereocenters. The lowest BCUT2D eigenvalue weighted by Crippen LogP contribution is -2.39. The fraction of sp³-hybridized carbons (Fsp3) is 0.375. The van der Waals surface area contributed by atoms with Crippen LogP contribution in [0.15, 0.2) is 54.6 Å². The van der Waals surface area contributed by atoms with Gasteiger partial charge in [-0.15, -0.1) is 0 Å². The molecule has 1 amide bonds. The standard InChI is InChI=1S/C24H27N3O/c28-24(19-11-13-27(14-12-19)16-17-5-6-17)25-21-9-7-18(8-10-21)23-15-20-3-1-2-4-22(20)26-23/h1-4,7-10,15,17,19,26H,5-6,11-14,16H2,(H,25,28). The molecule has 1 aliphatic carbocycles. The molecule has 3 aromatic rings. The van der Waals surface area contributed by atoms with Crippen LogP contribution in [0.1, 0.15) is 25.7 Å². The van der Waals surface area contributed by atoms with Crippen LogP contribution in [0.4, 0.5) is 5.69 Å². The Kier molecular flexibility index (Phi) is 4.65. The second-order valence-corrected chi connectivity index (χ2v) is 8.36. The average molecular weight is 374 g/mol. The monoisotopic (exact) mass is 373 g/mol. The molecule has 28 heavy (non-hydrogen) atoms. The number of piperidine rings is 1. The summed E-state index contributed by atoms with van der Waals surface area (Å²) in [5.74, 6) is 1.24. The lowest BCUT2D eigenvalue weighted by molar-refractivity contribution is -0.121. The van der Waals surface area contributed by atoms with Crippen molar-refractivity contribution < 1.29 is 4.79 Å². The van der Waals surface area contributed by atoms with E-state index in [2.05, 4.69) is 51.6 Å². The molecule has 0 bridgehead atoms. The van der Waals surface area contributed by atoms with Crippen molar-refractivity contribution >= 4 is 22.5 Å². The maximum Gasteiger partial charge on any atom is 0.227 e. The molecule has 0 unspecified atom stereocenters. The van der Waals surface area contributed by atoms with Gasteiger partial charge >= 0.3 is 0 Å². The maximum absolute atomic E-state index is 12.6. The highest BCUT2D eigenvalue weighted by atomic mass is 16.1. The highest BCUT2D eigenvalue weighted by Crippen LogP contribution is 2.31. The molecule has 2 heterocycles. The third kappa shape index (κ3) is 3.83. The van der Waals surface area contributed by atoms with Crippen LogP contribution in [0.5, 0.6) is 0 Å². The van der Waals surface area contributed by atoms with Gasteiger partial charge in [0, 0.05) is 34.7 Å². The van der Waals surface area contributed by atoms with Gasteiger partial charge < -0.3 is 15.2 Å². The highest BCUT2D eigenvalue weighted by molar-refractivity contribution is 5.93. The van der Waals surface area contributed by atoms with E-state index in [9.17, 15) is 4.79 Å². The van der Waals surface area contributed by atoms with Crippen molar-refractivity contribution in [2.45, 2.75) is 25.7 Å². The number of carbonyl (C=O) groups is 1. The fourth-order valence-electron chi connectivity index (χ4n) is 4.25. The SMILES string of the molecule is O=C(Nc1ccc(-c2cc3ccccc3[nH]2)cc1)C1CCN(CC2CC2)CC1. The summed E-state index contributed by atoms with van der Waals surface area (Å²) in [5.41, 5.74) is 4.25. The first-order valence-corrected chi connectivity index (χ1v) is 10.5. The van der Waals surface area contributed by atoms with E-state index >= 15 is 0 Å². The number of aromatic nitrogens is 1. The van der Waals surface area contributed by atoms with Gasteiger partial charge in [0.2, 0.25) is 5.91 Å². The molecule has 1 aromatic heterocycles. The second kappa shape index (κ2) is 7.44. The molecule has 2 N–H and O–H groups in total. The minimum Gasteiger partial charge on any atom is -0.355 e. The van der Waals surface area contributed by atoms with Gasteiger partial charge in [0.1, 0.15) is 0 Å². The van der Waals surface area contributed by atoms with Crippen molar-refractivity contribution in [2.75, 3.05) is 25.0 Å². The first-order valence-electron chi connectivity index (χ1n) is 10.5. The largest absolute Gasteiger partial charge is 0.355 e. The zero-order valence-corrected chi connectivity index (χ0v) is 16.2. The smallest absolute Gasteiger partial charge is 0.227 e. The predicted octanol–water partition coefficient (Wildman–Crippen LogP) is 4.90. The van der Waals surface area contributed by atoms with E-state index in [1.54, 1.807) is 0 Å². The lowest BCUT2D eigenvalue weighted by atomic mass is 9.95. The number of nitrogens with one attached hydrogen (secondary N) is 2. The van der Waals surface area contributed by atoms with Crippen LogP contribution in [0.25, 0.3) is 22.2 Å². The molecular weight excluding hydrogens is 346 g/mol. The molecule has 2 aliphatic rings. The summed E-state index contributed by atoms with van der Waals surface area (Å²) in [5, 5.41) is 4.33. The molecule has 5 rings (SSSR count). The summed E-state index contributed by atoms with van der Waals surface area (Å²) in [4.78, 5) is 18.6. The Morgan fingerprint density at radius 1 is 1.00 bits per heavy atom. The van der Waals surface area contributed by atoms with E-state index in [1.165, 1.54) is 24.8 Å². The van der Waals surface area contributed by atoms with Gasteiger partial charge in [-0.05, 0) is 74.5 Å². The quantitative estimate of drug-likeness (QED) is 0.668. The molecular formula is C24H27N3O. The van der Waals surface area contributed by atoms with E-state index < -0.39 is 0 Å². The highest BCUT2D eigenvalue weighted by Gasteiger charge is 2.29. The Morgan fingerprint density at radius 3 is 2.46 bits per heavy atom. The van der Waals surface area contributed by atoms with Crippen molar-refractivity contribution in [3.63, 3.8) is 0 Å². The van der Waals surface area contributed by atoms with Gasteiger partial charge in [-0.2, -0.15) is 0 Å². The molecule has 1 saturated heterocycles. The van der Waals surface area contributed by atoms with E-state index in [4.69, 9.17) is 0 Å². The summed E-state index contributed by atoms with van der Waals surface area (Å²) < 4.78 is 0. The van der Waals surface area contributed by atoms with Crippen LogP contribution in [0.3, 0.4) is 0 Å². The molecule has 0 radical (unpaired) electrons. The Morgan fingerprint density at radius 2 is 1.75 bits per heavy atom. The number of likely N-dealkylation sites (tertiary alicyclic amines) is 1. The Labute approximate surface area is 165 Å². The normalized spacial score (nSPS) is 18.4. The zero-order chi connectivity index (χ0) is 18.9. The van der Waals surface area contributed by atoms with E-state index in [-0.39, 0.29) is 11.8 Å². The number of hydrogen-bond donors (Lipinski definition) is 2. The van der Waals surface area contributed by atoms with Crippen LogP contribution >= 0.6 is 0 Å². The third-order valence-electron chi connectivity index (χ3n) is 6.17. The Balaban J connectivity index is 1.19. The van der Waals surface area contributed by atoms with E-state index in [1.807, 2.05) is 18.2 Å². The van der Waals surface area contributed by atoms with Crippen LogP contribution < -0.4 is 5.32 Å². The number of carbonyl (C=O) groups excluding carboxylic acids is 1. The number of para-hydroxylation sites is 1. The molecule has 4 nitrogen and oxygen atoms in total. The van der Waals surface area contributed by atoms with Crippen LogP contribution in [0.2, 0.25) is 0 Å². The van der Waals surface area contributed by atoms with Crippen molar-refractivity contribution in [1.29, 1.82) is 0 Å². The number of anilines is 1.